The Bertz CT molecular complexity index is 138. The van der Waals surface area contributed by atoms with E-state index in [4.69, 9.17) is 0 Å². The van der Waals surface area contributed by atoms with E-state index in [1.807, 2.05) is 12.2 Å². The minimum Gasteiger partial charge on any atom is -0.133 e. The predicted molar refractivity (Wildman–Crippen MR) is 51.5 cm³/mol. The van der Waals surface area contributed by atoms with E-state index in [-0.39, 0.29) is 0 Å². The summed E-state index contributed by atoms with van der Waals surface area (Å²) in [4.78, 5) is 0. The van der Waals surface area contributed by atoms with Crippen LogP contribution in [-0.2, 0) is 0 Å². The van der Waals surface area contributed by atoms with Crippen molar-refractivity contribution in [2.75, 3.05) is 0 Å². The number of allylic oxidation sites excluding steroid dienone is 2. The molecular formula is C11H18. The fourth-order valence-corrected chi connectivity index (χ4v) is 1.02. The molecule has 1 atom stereocenters. The van der Waals surface area contributed by atoms with Crippen LogP contribution in [0.1, 0.15) is 32.6 Å². The van der Waals surface area contributed by atoms with E-state index in [2.05, 4.69) is 25.8 Å². The largest absolute Gasteiger partial charge is 0.133 e. The van der Waals surface area contributed by atoms with Gasteiger partial charge in [-0.3, -0.25) is 0 Å². The number of hydrogen-bond acceptors (Lipinski definition) is 0. The first-order valence-corrected chi connectivity index (χ1v) is 4.26. The van der Waals surface area contributed by atoms with E-state index < -0.39 is 0 Å². The van der Waals surface area contributed by atoms with Gasteiger partial charge in [0, 0.05) is 0 Å². The van der Waals surface area contributed by atoms with Gasteiger partial charge in [-0.25, -0.2) is 0 Å². The average molecular weight is 150 g/mol. The fraction of sp³-hybridized carbons (Fsp3) is 0.545. The van der Waals surface area contributed by atoms with Crippen LogP contribution in [0.4, 0.5) is 0 Å². The van der Waals surface area contributed by atoms with Gasteiger partial charge in [0.15, 0.2) is 0 Å². The van der Waals surface area contributed by atoms with Crippen molar-refractivity contribution < 1.29 is 0 Å². The lowest BCUT2D eigenvalue weighted by molar-refractivity contribution is 0.502. The molecule has 0 saturated carbocycles. The SMILES string of the molecule is C=C=CCCC(C)CCC=C. The number of hydrogen-bond donors (Lipinski definition) is 0. The summed E-state index contributed by atoms with van der Waals surface area (Å²) >= 11 is 0. The van der Waals surface area contributed by atoms with Gasteiger partial charge >= 0.3 is 0 Å². The van der Waals surface area contributed by atoms with Gasteiger partial charge in [0.25, 0.3) is 0 Å². The van der Waals surface area contributed by atoms with Gasteiger partial charge in [-0.1, -0.05) is 19.6 Å². The molecule has 0 aromatic rings. The van der Waals surface area contributed by atoms with Crippen LogP contribution in [0.15, 0.2) is 31.0 Å². The Morgan fingerprint density at radius 3 is 2.55 bits per heavy atom. The van der Waals surface area contributed by atoms with E-state index in [1.165, 1.54) is 12.8 Å². The van der Waals surface area contributed by atoms with Gasteiger partial charge in [-0.15, -0.1) is 12.3 Å². The summed E-state index contributed by atoms with van der Waals surface area (Å²) < 4.78 is 0. The lowest BCUT2D eigenvalue weighted by atomic mass is 10.00. The molecular weight excluding hydrogens is 132 g/mol. The molecule has 0 amide bonds. The Balaban J connectivity index is 3.28. The van der Waals surface area contributed by atoms with Crippen LogP contribution in [0.5, 0.6) is 0 Å². The van der Waals surface area contributed by atoms with E-state index in [1.54, 1.807) is 0 Å². The molecule has 0 nitrogen and oxygen atoms in total. The molecule has 1 unspecified atom stereocenters. The second-order valence-electron chi connectivity index (χ2n) is 2.96. The smallest absolute Gasteiger partial charge is 0.0272 e. The molecule has 0 aliphatic rings. The van der Waals surface area contributed by atoms with Crippen LogP contribution in [0.3, 0.4) is 0 Å². The van der Waals surface area contributed by atoms with Crippen LogP contribution >= 0.6 is 0 Å². The van der Waals surface area contributed by atoms with Gasteiger partial charge in [0.2, 0.25) is 0 Å². The zero-order valence-electron chi connectivity index (χ0n) is 7.47. The first-order valence-electron chi connectivity index (χ1n) is 4.26. The molecule has 0 aliphatic heterocycles. The van der Waals surface area contributed by atoms with E-state index >= 15 is 0 Å². The van der Waals surface area contributed by atoms with Gasteiger partial charge < -0.3 is 0 Å². The summed E-state index contributed by atoms with van der Waals surface area (Å²) in [6.07, 6.45) is 8.75. The van der Waals surface area contributed by atoms with Crippen LogP contribution in [-0.4, -0.2) is 0 Å². The molecule has 0 heteroatoms. The molecule has 62 valence electrons. The zero-order chi connectivity index (χ0) is 8.53. The third-order valence-electron chi connectivity index (χ3n) is 1.81. The van der Waals surface area contributed by atoms with Gasteiger partial charge in [-0.05, 0) is 37.7 Å². The molecule has 0 rings (SSSR count). The van der Waals surface area contributed by atoms with Gasteiger partial charge in [0.05, 0.1) is 0 Å². The zero-order valence-corrected chi connectivity index (χ0v) is 7.47. The third kappa shape index (κ3) is 7.15. The summed E-state index contributed by atoms with van der Waals surface area (Å²) in [6.45, 7) is 9.50. The van der Waals surface area contributed by atoms with Crippen molar-refractivity contribution in [1.82, 2.24) is 0 Å². The minimum absolute atomic E-state index is 0.803. The Hall–Kier alpha value is -0.740. The van der Waals surface area contributed by atoms with Crippen molar-refractivity contribution in [3.8, 4) is 0 Å². The molecule has 11 heavy (non-hydrogen) atoms. The second kappa shape index (κ2) is 7.37. The van der Waals surface area contributed by atoms with E-state index in [9.17, 15) is 0 Å². The molecule has 0 N–H and O–H groups in total. The highest BCUT2D eigenvalue weighted by molar-refractivity contribution is 4.77. The van der Waals surface area contributed by atoms with Crippen LogP contribution in [0, 0.1) is 5.92 Å². The topological polar surface area (TPSA) is 0 Å². The standard InChI is InChI=1S/C11H18/c1-4-6-8-10-11(3)9-7-5-2/h5-6,11H,1-2,7-10H2,3H3. The molecule has 0 bridgehead atoms. The van der Waals surface area contributed by atoms with E-state index in [0.717, 1.165) is 18.8 Å². The Morgan fingerprint density at radius 2 is 2.00 bits per heavy atom. The maximum Gasteiger partial charge on any atom is -0.0272 e. The Labute approximate surface area is 70.3 Å². The molecule has 0 aromatic carbocycles. The lowest BCUT2D eigenvalue weighted by Gasteiger charge is -2.06. The van der Waals surface area contributed by atoms with Crippen molar-refractivity contribution in [3.05, 3.63) is 31.0 Å². The van der Waals surface area contributed by atoms with Crippen LogP contribution in [0.25, 0.3) is 0 Å². The molecule has 0 aliphatic carbocycles. The first kappa shape index (κ1) is 10.3. The summed E-state index contributed by atoms with van der Waals surface area (Å²) in [5.74, 6) is 0.803. The average Bonchev–Trinajstić information content (AvgIpc) is 2.01. The molecule has 0 aromatic heterocycles. The quantitative estimate of drug-likeness (QED) is 0.400. The number of rotatable bonds is 6. The van der Waals surface area contributed by atoms with Gasteiger partial charge in [0.1, 0.15) is 0 Å². The highest BCUT2D eigenvalue weighted by atomic mass is 14.0. The molecule has 0 spiro atoms. The summed E-state index contributed by atoms with van der Waals surface area (Å²) in [5.41, 5.74) is 2.78. The minimum atomic E-state index is 0.803. The molecule has 0 heterocycles. The van der Waals surface area contributed by atoms with Crippen molar-refractivity contribution in [2.45, 2.75) is 32.6 Å². The summed E-state index contributed by atoms with van der Waals surface area (Å²) in [6, 6.07) is 0. The van der Waals surface area contributed by atoms with Crippen molar-refractivity contribution >= 4 is 0 Å². The fourth-order valence-electron chi connectivity index (χ4n) is 1.02. The van der Waals surface area contributed by atoms with Crippen molar-refractivity contribution in [2.24, 2.45) is 5.92 Å². The van der Waals surface area contributed by atoms with Crippen LogP contribution < -0.4 is 0 Å². The maximum absolute atomic E-state index is 3.70. The van der Waals surface area contributed by atoms with Crippen molar-refractivity contribution in [1.29, 1.82) is 0 Å². The highest BCUT2D eigenvalue weighted by Gasteiger charge is 1.97. The van der Waals surface area contributed by atoms with E-state index in [0.29, 0.717) is 0 Å². The van der Waals surface area contributed by atoms with Crippen LogP contribution in [0.2, 0.25) is 0 Å². The summed E-state index contributed by atoms with van der Waals surface area (Å²) in [5, 5.41) is 0. The van der Waals surface area contributed by atoms with Gasteiger partial charge in [-0.2, -0.15) is 0 Å². The Morgan fingerprint density at radius 1 is 1.36 bits per heavy atom. The molecule has 0 saturated heterocycles. The lowest BCUT2D eigenvalue weighted by Crippen LogP contribution is -1.92. The van der Waals surface area contributed by atoms with Crippen molar-refractivity contribution in [3.63, 3.8) is 0 Å². The first-order chi connectivity index (χ1) is 5.31. The molecule has 0 fully saturated rings. The normalized spacial score (nSPS) is 11.7. The summed E-state index contributed by atoms with van der Waals surface area (Å²) in [7, 11) is 0. The Kier molecular flexibility index (Phi) is 6.87. The predicted octanol–water partition coefficient (Wildman–Crippen LogP) is 3.71. The highest BCUT2D eigenvalue weighted by Crippen LogP contribution is 2.12. The maximum atomic E-state index is 3.70. The monoisotopic (exact) mass is 150 g/mol. The third-order valence-corrected chi connectivity index (χ3v) is 1.81. The molecule has 0 radical (unpaired) electrons. The second-order valence-corrected chi connectivity index (χ2v) is 2.96.